The lowest BCUT2D eigenvalue weighted by atomic mass is 9.73. The maximum Gasteiger partial charge on any atom is 0.322 e. The Bertz CT molecular complexity index is 2600. The average Bonchev–Trinajstić information content (AvgIpc) is 0.863. The first-order valence-corrected chi connectivity index (χ1v) is 39.1. The third-order valence-electron chi connectivity index (χ3n) is 15.2. The fourth-order valence-corrected chi connectivity index (χ4v) is 9.24. The molecule has 8 N–H and O–H groups in total. The highest BCUT2D eigenvalue weighted by Gasteiger charge is 2.45. The van der Waals surface area contributed by atoms with Gasteiger partial charge in [-0.15, -0.1) is 0 Å². The number of nitrogens with one attached hydrogen (secondary N) is 6. The van der Waals surface area contributed by atoms with E-state index in [1.165, 1.54) is 41.5 Å². The van der Waals surface area contributed by atoms with Crippen molar-refractivity contribution < 1.29 is 114 Å². The minimum absolute atomic E-state index is 0.0663. The van der Waals surface area contributed by atoms with Crippen molar-refractivity contribution in [2.45, 2.75) is 193 Å². The number of esters is 7. The third kappa shape index (κ3) is 43.5. The molecule has 0 spiro atoms. The lowest BCUT2D eigenvalue weighted by Crippen LogP contribution is -2.56. The van der Waals surface area contributed by atoms with Crippen LogP contribution in [0.25, 0.3) is 0 Å². The molecule has 0 aliphatic heterocycles. The van der Waals surface area contributed by atoms with Crippen LogP contribution in [0.1, 0.15) is 156 Å². The zero-order valence-electron chi connectivity index (χ0n) is 64.0. The van der Waals surface area contributed by atoms with E-state index in [2.05, 4.69) is 127 Å². The monoisotopic (exact) mass is 1900 g/mol. The summed E-state index contributed by atoms with van der Waals surface area (Å²) < 4.78 is 55.6. The molecule has 0 aromatic carbocycles. The Balaban J connectivity index is 6.97. The van der Waals surface area contributed by atoms with Gasteiger partial charge in [-0.1, -0.05) is 123 Å². The maximum absolute atomic E-state index is 13.9. The van der Waals surface area contributed by atoms with Crippen molar-refractivity contribution in [3.63, 3.8) is 0 Å². The number of alkyl halides is 6. The molecule has 0 heterocycles. The molecule has 6 amide bonds. The van der Waals surface area contributed by atoms with Gasteiger partial charge in [0.15, 0.2) is 0 Å². The smallest absolute Gasteiger partial charge is 0.322 e. The number of hydrogen-bond donors (Lipinski definition) is 7. The molecule has 1 atom stereocenters. The highest BCUT2D eigenvalue weighted by Crippen LogP contribution is 2.37. The first-order chi connectivity index (χ1) is 48.6. The Morgan fingerprint density at radius 2 is 0.613 bits per heavy atom. The van der Waals surface area contributed by atoms with Crippen LogP contribution in [-0.2, 0) is 114 Å². The van der Waals surface area contributed by atoms with Gasteiger partial charge in [-0.25, -0.2) is 0 Å². The number of carbonyl (C=O) groups is 13. The highest BCUT2D eigenvalue weighted by molar-refractivity contribution is 9.11. The van der Waals surface area contributed by atoms with Crippen LogP contribution in [0.5, 0.6) is 0 Å². The summed E-state index contributed by atoms with van der Waals surface area (Å²) in [5, 5.41) is 15.1. The lowest BCUT2D eigenvalue weighted by molar-refractivity contribution is -0.172. The molecule has 1 unspecified atom stereocenters. The quantitative estimate of drug-likeness (QED) is 0.0132. The Morgan fingerprint density at radius 3 is 0.877 bits per heavy atom. The average molecular weight is 1900 g/mol. The van der Waals surface area contributed by atoms with Crippen LogP contribution in [0.4, 0.5) is 0 Å². The summed E-state index contributed by atoms with van der Waals surface area (Å²) in [6, 6.07) is 0. The largest absolute Gasteiger partial charge is 0.465 e. The first-order valence-electron chi connectivity index (χ1n) is 34.4. The van der Waals surface area contributed by atoms with Crippen molar-refractivity contribution in [1.29, 1.82) is 0 Å². The molecule has 0 saturated heterocycles. The van der Waals surface area contributed by atoms with Crippen LogP contribution in [0.3, 0.4) is 0 Å². The molecule has 0 aromatic rings. The van der Waals surface area contributed by atoms with Gasteiger partial charge in [0.2, 0.25) is 35.4 Å². The van der Waals surface area contributed by atoms with Gasteiger partial charge in [0.1, 0.15) is 85.4 Å². The molecule has 31 nitrogen and oxygen atoms in total. The van der Waals surface area contributed by atoms with Gasteiger partial charge in [-0.3, -0.25) is 62.3 Å². The van der Waals surface area contributed by atoms with E-state index >= 15 is 0 Å². The molecule has 0 fully saturated rings. The first kappa shape index (κ1) is 102. The number of ether oxygens (including phenoxy) is 11. The number of rotatable bonds is 55. The fraction of sp³-hybridized carbons (Fsp3) is 0.809. The molecule has 2 radical (unpaired) electrons. The topological polar surface area (TPSA) is 422 Å². The van der Waals surface area contributed by atoms with Gasteiger partial charge >= 0.3 is 41.8 Å². The van der Waals surface area contributed by atoms with Crippen molar-refractivity contribution in [1.82, 2.24) is 31.9 Å². The Kier molecular flexibility index (Phi) is 45.4. The lowest BCUT2D eigenvalue weighted by Gasteiger charge is -2.43. The summed E-state index contributed by atoms with van der Waals surface area (Å²) in [6.07, 6.45) is 0.379. The van der Waals surface area contributed by atoms with E-state index in [1.807, 2.05) is 13.8 Å². The second-order valence-corrected chi connectivity index (χ2v) is 41.3. The molecule has 0 aliphatic rings. The Labute approximate surface area is 675 Å². The van der Waals surface area contributed by atoms with Crippen molar-refractivity contribution in [2.24, 2.45) is 22.0 Å². The highest BCUT2D eigenvalue weighted by atomic mass is 79.9. The van der Waals surface area contributed by atoms with Crippen LogP contribution < -0.4 is 37.6 Å². The predicted octanol–water partition coefficient (Wildman–Crippen LogP) is 5.39. The van der Waals surface area contributed by atoms with Crippen LogP contribution in [0, 0.1) is 16.2 Å². The predicted molar refractivity (Wildman–Crippen MR) is 414 cm³/mol. The second-order valence-electron chi connectivity index (χ2n) is 29.4. The van der Waals surface area contributed by atoms with E-state index in [1.54, 1.807) is 55.4 Å². The molecule has 0 aliphatic carbocycles. The molecule has 38 heteroatoms. The van der Waals surface area contributed by atoms with E-state index in [4.69, 9.17) is 65.7 Å². The number of amides is 6. The third-order valence-corrected chi connectivity index (χ3v) is 17.1. The standard InChI is InChI=1S/C68H112BBr6N7O24/c1-17-68(18-2,106-29-23-76)33-65(34-80-45(83)20-24-77-48(86)30-96-27-19-28-99-52(90)59(5,6)70,35-81-46(84)21-25-78-49(87)31-97-37-66(39-100-51(89)58(3,4)69,40-101-53(91)60(7,8)71)41-102-54(92)61(9,10)72)36-82-47(85)22-26-79-50(88)32-98-38-67(42-103-55(93)62(11,12)73,43-104-56(94)63(13,14)74)44-105-57(95)64(15,16)75/h17-44,76H2,1-16H3,(H,77,86)(H,78,87)(H,79,88)(H,80,83)(H,81,84)(H,82,85). The van der Waals surface area contributed by atoms with Gasteiger partial charge in [-0.05, 0) is 102 Å². The minimum atomic E-state index is -1.58. The number of hydrogen-bond acceptors (Lipinski definition) is 25. The molecule has 0 aromatic heterocycles. The van der Waals surface area contributed by atoms with E-state index in [0.717, 1.165) is 0 Å². The van der Waals surface area contributed by atoms with Crippen LogP contribution in [0.15, 0.2) is 0 Å². The molecule has 608 valence electrons. The van der Waals surface area contributed by atoms with Crippen molar-refractivity contribution >= 4 is 181 Å². The van der Waals surface area contributed by atoms with Crippen molar-refractivity contribution in [3.05, 3.63) is 0 Å². The zero-order valence-corrected chi connectivity index (χ0v) is 73.5. The molecule has 106 heavy (non-hydrogen) atoms. The normalized spacial score (nSPS) is 13.2. The van der Waals surface area contributed by atoms with E-state index in [9.17, 15) is 62.3 Å². The van der Waals surface area contributed by atoms with Gasteiger partial charge < -0.3 is 89.7 Å². The fourth-order valence-electron chi connectivity index (χ4n) is 8.55. The molecule has 0 bridgehead atoms. The van der Waals surface area contributed by atoms with Crippen molar-refractivity contribution in [3.8, 4) is 0 Å². The van der Waals surface area contributed by atoms with Gasteiger partial charge in [0.05, 0.1) is 57.3 Å². The summed E-state index contributed by atoms with van der Waals surface area (Å²) in [7, 11) is 5.99. The van der Waals surface area contributed by atoms with Gasteiger partial charge in [0.25, 0.3) is 0 Å². The van der Waals surface area contributed by atoms with Crippen molar-refractivity contribution in [2.75, 3.05) is 138 Å². The Morgan fingerprint density at radius 1 is 0.340 bits per heavy atom. The zero-order chi connectivity index (χ0) is 81.8. The summed E-state index contributed by atoms with van der Waals surface area (Å²) in [6.45, 7) is 18.8. The summed E-state index contributed by atoms with van der Waals surface area (Å²) in [4.78, 5) is 171. The van der Waals surface area contributed by atoms with E-state index < -0.39 is 196 Å². The van der Waals surface area contributed by atoms with Crippen LogP contribution in [0.2, 0.25) is 5.31 Å². The van der Waals surface area contributed by atoms with Gasteiger partial charge in [0, 0.05) is 82.2 Å². The molecular weight excluding hydrogens is 1790 g/mol. The molecular formula is C68H112BBr6N7O24. The summed E-state index contributed by atoms with van der Waals surface area (Å²) >= 11 is 19.5. The Hall–Kier alpha value is -4.15. The SMILES string of the molecule is [B]C(C)(C)C(=O)OCC(COCC(=O)NCCC(=O)NCC(CNC(=O)CCNC(=O)COCCCOC(=O)C(C)(C)Br)(CNC(=O)CCNC(=O)COCC(COC(=O)C(C)(C)Br)(COC(=O)C(C)(C)Br)COC(=O)C(C)(C)Br)CC(CC)(CC)OCCN)(COC(=O)C(C)(C)Br)COC(=O)C(C)(C)Br. The number of nitrogens with two attached hydrogens (primary N) is 1. The number of halogens is 6. The van der Waals surface area contributed by atoms with E-state index in [0.29, 0.717) is 19.3 Å². The minimum Gasteiger partial charge on any atom is -0.465 e. The molecule has 0 saturated carbocycles. The summed E-state index contributed by atoms with van der Waals surface area (Å²) in [5.74, 6) is -8.55. The van der Waals surface area contributed by atoms with Crippen LogP contribution >= 0.6 is 95.6 Å². The van der Waals surface area contributed by atoms with E-state index in [-0.39, 0.29) is 97.9 Å². The maximum atomic E-state index is 13.9. The second kappa shape index (κ2) is 47.3. The van der Waals surface area contributed by atoms with Crippen LogP contribution in [-0.4, -0.2) is 255 Å². The number of carbonyl (C=O) groups excluding carboxylic acids is 13. The van der Waals surface area contributed by atoms with Gasteiger partial charge in [-0.2, -0.15) is 0 Å². The molecule has 0 rings (SSSR count). The summed E-state index contributed by atoms with van der Waals surface area (Å²) in [5.41, 5.74) is 0.585.